The Bertz CT molecular complexity index is 622. The van der Waals surface area contributed by atoms with Crippen LogP contribution in [0.2, 0.25) is 0 Å². The van der Waals surface area contributed by atoms with E-state index in [9.17, 15) is 4.79 Å². The Kier molecular flexibility index (Phi) is 15.3. The van der Waals surface area contributed by atoms with E-state index in [4.69, 9.17) is 4.74 Å². The Labute approximate surface area is 178 Å². The third kappa shape index (κ3) is 14.4. The lowest BCUT2D eigenvalue weighted by Gasteiger charge is -2.05. The second kappa shape index (κ2) is 17.9. The van der Waals surface area contributed by atoms with Gasteiger partial charge in [0.15, 0.2) is 0 Å². The van der Waals surface area contributed by atoms with Crippen LogP contribution in [0.4, 0.5) is 5.69 Å². The number of unbranched alkanes of at least 4 members (excludes halogenated alkanes) is 9. The van der Waals surface area contributed by atoms with Gasteiger partial charge in [-0.2, -0.15) is 0 Å². The summed E-state index contributed by atoms with van der Waals surface area (Å²) in [6, 6.07) is 7.82. The summed E-state index contributed by atoms with van der Waals surface area (Å²) in [5.41, 5.74) is 1.89. The van der Waals surface area contributed by atoms with Crippen LogP contribution < -0.4 is 5.32 Å². The van der Waals surface area contributed by atoms with Crippen molar-refractivity contribution in [2.24, 2.45) is 0 Å². The summed E-state index contributed by atoms with van der Waals surface area (Å²) in [7, 11) is 0. The molecule has 0 aromatic heterocycles. The first-order valence-corrected chi connectivity index (χ1v) is 11.4. The van der Waals surface area contributed by atoms with Gasteiger partial charge >= 0.3 is 5.97 Å². The zero-order valence-electron chi connectivity index (χ0n) is 18.5. The Balaban J connectivity index is 2.03. The first kappa shape index (κ1) is 24.8. The van der Waals surface area contributed by atoms with Gasteiger partial charge in [-0.25, -0.2) is 4.79 Å². The van der Waals surface area contributed by atoms with Crippen LogP contribution in [0, 0.1) is 11.8 Å². The second-order valence-corrected chi connectivity index (χ2v) is 7.35. The summed E-state index contributed by atoms with van der Waals surface area (Å²) in [6.07, 6.45) is 19.2. The maximum absolute atomic E-state index is 11.2. The zero-order valence-corrected chi connectivity index (χ0v) is 18.5. The molecule has 0 unspecified atom stereocenters. The number of allylic oxidation sites excluding steroid dienone is 2. The van der Waals surface area contributed by atoms with Crippen LogP contribution in [0.3, 0.4) is 0 Å². The highest BCUT2D eigenvalue weighted by atomic mass is 16.5. The molecule has 0 saturated heterocycles. The minimum Gasteiger partial charge on any atom is -0.456 e. The van der Waals surface area contributed by atoms with Gasteiger partial charge in [0.05, 0.1) is 6.61 Å². The zero-order chi connectivity index (χ0) is 21.0. The number of hydrogen-bond acceptors (Lipinski definition) is 3. The molecule has 29 heavy (non-hydrogen) atoms. The standard InChI is InChI=1S/C26H39NO2/c1-3-5-6-7-8-9-10-11-12-13-14-15-16-23-27-25-20-17-24(18-21-25)19-22-26(28)29-4-2/h13-14,17-18,20-21,27H,3-12,15-16,23H2,1-2H3. The molecule has 0 aliphatic heterocycles. The highest BCUT2D eigenvalue weighted by Gasteiger charge is 1.95. The summed E-state index contributed by atoms with van der Waals surface area (Å²) < 4.78 is 4.79. The molecule has 0 fully saturated rings. The highest BCUT2D eigenvalue weighted by Crippen LogP contribution is 2.11. The number of ether oxygens (including phenoxy) is 1. The summed E-state index contributed by atoms with van der Waals surface area (Å²) in [5.74, 6) is 4.81. The van der Waals surface area contributed by atoms with Gasteiger partial charge in [0, 0.05) is 23.7 Å². The first-order valence-electron chi connectivity index (χ1n) is 11.4. The molecule has 3 nitrogen and oxygen atoms in total. The molecular formula is C26H39NO2. The molecule has 160 valence electrons. The van der Waals surface area contributed by atoms with Crippen molar-refractivity contribution < 1.29 is 9.53 Å². The average molecular weight is 398 g/mol. The van der Waals surface area contributed by atoms with Crippen molar-refractivity contribution in [2.75, 3.05) is 18.5 Å². The molecule has 0 amide bonds. The molecule has 0 aliphatic rings. The molecule has 3 heteroatoms. The fourth-order valence-corrected chi connectivity index (χ4v) is 3.05. The van der Waals surface area contributed by atoms with E-state index in [0.717, 1.165) is 30.6 Å². The van der Waals surface area contributed by atoms with Crippen LogP contribution in [0.5, 0.6) is 0 Å². The van der Waals surface area contributed by atoms with E-state index in [1.54, 1.807) is 6.92 Å². The van der Waals surface area contributed by atoms with Crippen molar-refractivity contribution in [2.45, 2.75) is 84.5 Å². The largest absolute Gasteiger partial charge is 0.456 e. The SMILES string of the molecule is CCCCCCCCCCC=CCCCNc1ccc(C#CC(=O)OCC)cc1. The Morgan fingerprint density at radius 3 is 2.17 bits per heavy atom. The quantitative estimate of drug-likeness (QED) is 0.152. The molecule has 1 aromatic carbocycles. The molecule has 0 saturated carbocycles. The molecule has 1 rings (SSSR count). The summed E-state index contributed by atoms with van der Waals surface area (Å²) in [6.45, 7) is 5.35. The number of nitrogens with one attached hydrogen (secondary N) is 1. The van der Waals surface area contributed by atoms with Gasteiger partial charge in [-0.1, -0.05) is 69.9 Å². The number of carbonyl (C=O) groups is 1. The van der Waals surface area contributed by atoms with Crippen LogP contribution in [0.1, 0.15) is 90.0 Å². The summed E-state index contributed by atoms with van der Waals surface area (Å²) in [5, 5.41) is 3.42. The van der Waals surface area contributed by atoms with Crippen molar-refractivity contribution in [1.29, 1.82) is 0 Å². The number of rotatable bonds is 15. The lowest BCUT2D eigenvalue weighted by atomic mass is 10.1. The molecule has 1 aromatic rings. The van der Waals surface area contributed by atoms with Crippen molar-refractivity contribution in [3.05, 3.63) is 42.0 Å². The first-order chi connectivity index (χ1) is 14.3. The number of carbonyl (C=O) groups excluding carboxylic acids is 1. The predicted molar refractivity (Wildman–Crippen MR) is 124 cm³/mol. The number of benzene rings is 1. The van der Waals surface area contributed by atoms with Gasteiger partial charge in [0.1, 0.15) is 0 Å². The lowest BCUT2D eigenvalue weighted by Crippen LogP contribution is -2.01. The molecule has 0 atom stereocenters. The van der Waals surface area contributed by atoms with Crippen LogP contribution in [0.15, 0.2) is 36.4 Å². The van der Waals surface area contributed by atoms with E-state index in [1.165, 1.54) is 57.8 Å². The maximum Gasteiger partial charge on any atom is 0.384 e. The minimum atomic E-state index is -0.481. The van der Waals surface area contributed by atoms with Crippen LogP contribution in [-0.4, -0.2) is 19.1 Å². The summed E-state index contributed by atoms with van der Waals surface area (Å²) >= 11 is 0. The van der Waals surface area contributed by atoms with Gasteiger partial charge < -0.3 is 10.1 Å². The van der Waals surface area contributed by atoms with Crippen LogP contribution in [0.25, 0.3) is 0 Å². The number of anilines is 1. The fourth-order valence-electron chi connectivity index (χ4n) is 3.05. The Morgan fingerprint density at radius 2 is 1.52 bits per heavy atom. The fraction of sp³-hybridized carbons (Fsp3) is 0.577. The molecule has 0 radical (unpaired) electrons. The third-order valence-electron chi connectivity index (χ3n) is 4.74. The van der Waals surface area contributed by atoms with E-state index < -0.39 is 5.97 Å². The second-order valence-electron chi connectivity index (χ2n) is 7.35. The third-order valence-corrected chi connectivity index (χ3v) is 4.74. The van der Waals surface area contributed by atoms with Crippen molar-refractivity contribution >= 4 is 11.7 Å². The predicted octanol–water partition coefficient (Wildman–Crippen LogP) is 6.88. The van der Waals surface area contributed by atoms with E-state index in [1.807, 2.05) is 24.3 Å². The maximum atomic E-state index is 11.2. The minimum absolute atomic E-state index is 0.352. The molecule has 0 heterocycles. The van der Waals surface area contributed by atoms with E-state index in [0.29, 0.717) is 6.61 Å². The van der Waals surface area contributed by atoms with Gasteiger partial charge in [0.2, 0.25) is 0 Å². The van der Waals surface area contributed by atoms with E-state index in [2.05, 4.69) is 36.2 Å². The van der Waals surface area contributed by atoms with Crippen molar-refractivity contribution in [3.63, 3.8) is 0 Å². The van der Waals surface area contributed by atoms with Crippen LogP contribution >= 0.6 is 0 Å². The summed E-state index contributed by atoms with van der Waals surface area (Å²) in [4.78, 5) is 11.2. The van der Waals surface area contributed by atoms with Crippen molar-refractivity contribution in [1.82, 2.24) is 0 Å². The van der Waals surface area contributed by atoms with Crippen LogP contribution in [-0.2, 0) is 9.53 Å². The van der Waals surface area contributed by atoms with Gasteiger partial charge in [0.25, 0.3) is 0 Å². The molecule has 0 spiro atoms. The molecule has 0 bridgehead atoms. The van der Waals surface area contributed by atoms with Crippen molar-refractivity contribution in [3.8, 4) is 11.8 Å². The smallest absolute Gasteiger partial charge is 0.384 e. The topological polar surface area (TPSA) is 38.3 Å². The normalized spacial score (nSPS) is 10.6. The van der Waals surface area contributed by atoms with Gasteiger partial charge in [-0.05, 0) is 56.9 Å². The number of hydrogen-bond donors (Lipinski definition) is 1. The van der Waals surface area contributed by atoms with E-state index >= 15 is 0 Å². The Hall–Kier alpha value is -2.21. The number of esters is 1. The average Bonchev–Trinajstić information content (AvgIpc) is 2.73. The monoisotopic (exact) mass is 397 g/mol. The molecular weight excluding hydrogens is 358 g/mol. The van der Waals surface area contributed by atoms with Gasteiger partial charge in [-0.15, -0.1) is 0 Å². The Morgan fingerprint density at radius 1 is 0.897 bits per heavy atom. The van der Waals surface area contributed by atoms with E-state index in [-0.39, 0.29) is 0 Å². The lowest BCUT2D eigenvalue weighted by molar-refractivity contribution is -0.136. The van der Waals surface area contributed by atoms with Gasteiger partial charge in [-0.3, -0.25) is 0 Å². The molecule has 1 N–H and O–H groups in total. The highest BCUT2D eigenvalue weighted by molar-refractivity contribution is 5.89. The molecule has 0 aliphatic carbocycles.